The zero-order valence-electron chi connectivity index (χ0n) is 14.6. The van der Waals surface area contributed by atoms with E-state index in [1.165, 1.54) is 12.1 Å². The highest BCUT2D eigenvalue weighted by molar-refractivity contribution is 5.95. The Bertz CT molecular complexity index is 1010. The third-order valence-electron chi connectivity index (χ3n) is 4.57. The highest BCUT2D eigenvalue weighted by Crippen LogP contribution is 2.29. The molecule has 132 valence electrons. The lowest BCUT2D eigenvalue weighted by molar-refractivity contribution is -0.384. The van der Waals surface area contributed by atoms with Crippen molar-refractivity contribution in [3.05, 3.63) is 87.1 Å². The zero-order chi connectivity index (χ0) is 18.8. The SMILES string of the molecule is Cc1ccccc1Cn1c(-c2cccc([N+](=O)[O-])c2)cc(C(N)=O)c1C. The van der Waals surface area contributed by atoms with Crippen LogP contribution >= 0.6 is 0 Å². The van der Waals surface area contributed by atoms with Crippen LogP contribution in [-0.2, 0) is 6.54 Å². The molecule has 6 heteroatoms. The molecule has 26 heavy (non-hydrogen) atoms. The van der Waals surface area contributed by atoms with E-state index in [1.807, 2.05) is 42.7 Å². The molecule has 0 saturated heterocycles. The predicted octanol–water partition coefficient (Wildman–Crippen LogP) is 3.83. The Morgan fingerprint density at radius 1 is 1.12 bits per heavy atom. The summed E-state index contributed by atoms with van der Waals surface area (Å²) >= 11 is 0. The molecular formula is C20H19N3O3. The summed E-state index contributed by atoms with van der Waals surface area (Å²) in [5, 5.41) is 11.1. The van der Waals surface area contributed by atoms with Crippen molar-refractivity contribution in [3.63, 3.8) is 0 Å². The van der Waals surface area contributed by atoms with Crippen LogP contribution in [0.25, 0.3) is 11.3 Å². The van der Waals surface area contributed by atoms with Crippen molar-refractivity contribution in [2.24, 2.45) is 5.73 Å². The van der Waals surface area contributed by atoms with Crippen LogP contribution in [0.2, 0.25) is 0 Å². The number of nitro benzene ring substituents is 1. The van der Waals surface area contributed by atoms with E-state index in [2.05, 4.69) is 0 Å². The minimum atomic E-state index is -0.516. The topological polar surface area (TPSA) is 91.2 Å². The average Bonchev–Trinajstić information content (AvgIpc) is 2.94. The third-order valence-corrected chi connectivity index (χ3v) is 4.57. The van der Waals surface area contributed by atoms with Crippen LogP contribution in [0.3, 0.4) is 0 Å². The Labute approximate surface area is 151 Å². The van der Waals surface area contributed by atoms with E-state index < -0.39 is 10.8 Å². The van der Waals surface area contributed by atoms with Gasteiger partial charge in [0.15, 0.2) is 0 Å². The van der Waals surface area contributed by atoms with Gasteiger partial charge in [0.1, 0.15) is 0 Å². The molecule has 0 saturated carbocycles. The summed E-state index contributed by atoms with van der Waals surface area (Å²) in [7, 11) is 0. The molecule has 1 amide bonds. The summed E-state index contributed by atoms with van der Waals surface area (Å²) in [5.41, 5.74) is 10.3. The summed E-state index contributed by atoms with van der Waals surface area (Å²) in [4.78, 5) is 22.5. The van der Waals surface area contributed by atoms with Crippen LogP contribution in [0.15, 0.2) is 54.6 Å². The highest BCUT2D eigenvalue weighted by atomic mass is 16.6. The smallest absolute Gasteiger partial charge is 0.270 e. The van der Waals surface area contributed by atoms with Crippen LogP contribution in [-0.4, -0.2) is 15.4 Å². The van der Waals surface area contributed by atoms with Crippen LogP contribution < -0.4 is 5.73 Å². The van der Waals surface area contributed by atoms with E-state index in [0.717, 1.165) is 22.5 Å². The lowest BCUT2D eigenvalue weighted by Gasteiger charge is -2.14. The fourth-order valence-corrected chi connectivity index (χ4v) is 3.07. The molecule has 2 aromatic carbocycles. The monoisotopic (exact) mass is 349 g/mol. The molecule has 0 aliphatic heterocycles. The van der Waals surface area contributed by atoms with Gasteiger partial charge in [0.2, 0.25) is 0 Å². The van der Waals surface area contributed by atoms with Gasteiger partial charge in [-0.25, -0.2) is 0 Å². The number of hydrogen-bond donors (Lipinski definition) is 1. The molecule has 1 heterocycles. The van der Waals surface area contributed by atoms with E-state index in [0.29, 0.717) is 17.7 Å². The molecule has 3 rings (SSSR count). The maximum Gasteiger partial charge on any atom is 0.270 e. The van der Waals surface area contributed by atoms with Gasteiger partial charge in [-0.1, -0.05) is 36.4 Å². The van der Waals surface area contributed by atoms with Gasteiger partial charge in [-0.3, -0.25) is 14.9 Å². The third kappa shape index (κ3) is 3.21. The summed E-state index contributed by atoms with van der Waals surface area (Å²) in [5.74, 6) is -0.516. The van der Waals surface area contributed by atoms with Crippen LogP contribution in [0, 0.1) is 24.0 Å². The Balaban J connectivity index is 2.17. The largest absolute Gasteiger partial charge is 0.366 e. The summed E-state index contributed by atoms with van der Waals surface area (Å²) in [6.07, 6.45) is 0. The highest BCUT2D eigenvalue weighted by Gasteiger charge is 2.18. The first-order valence-electron chi connectivity index (χ1n) is 8.17. The number of rotatable bonds is 5. The van der Waals surface area contributed by atoms with Gasteiger partial charge in [0.25, 0.3) is 11.6 Å². The van der Waals surface area contributed by atoms with Crippen molar-refractivity contribution >= 4 is 11.6 Å². The molecule has 1 aromatic heterocycles. The number of nitrogens with zero attached hydrogens (tertiary/aromatic N) is 2. The molecule has 0 fully saturated rings. The molecule has 0 bridgehead atoms. The van der Waals surface area contributed by atoms with E-state index in [1.54, 1.807) is 18.2 Å². The van der Waals surface area contributed by atoms with Gasteiger partial charge >= 0.3 is 0 Å². The quantitative estimate of drug-likeness (QED) is 0.560. The fraction of sp³-hybridized carbons (Fsp3) is 0.150. The summed E-state index contributed by atoms with van der Waals surface area (Å²) < 4.78 is 1.97. The summed E-state index contributed by atoms with van der Waals surface area (Å²) in [6, 6.07) is 16.1. The van der Waals surface area contributed by atoms with Gasteiger partial charge in [0, 0.05) is 35.6 Å². The summed E-state index contributed by atoms with van der Waals surface area (Å²) in [6.45, 7) is 4.40. The number of primary amides is 1. The molecule has 3 aromatic rings. The number of non-ortho nitro benzene ring substituents is 1. The molecule has 0 atom stereocenters. The number of hydrogen-bond acceptors (Lipinski definition) is 3. The minimum Gasteiger partial charge on any atom is -0.366 e. The number of carbonyl (C=O) groups is 1. The first-order valence-corrected chi connectivity index (χ1v) is 8.17. The maximum absolute atomic E-state index is 11.8. The van der Waals surface area contributed by atoms with Gasteiger partial charge in [-0.05, 0) is 31.0 Å². The Morgan fingerprint density at radius 3 is 2.50 bits per heavy atom. The number of carbonyl (C=O) groups excluding carboxylic acids is 1. The second-order valence-electron chi connectivity index (χ2n) is 6.21. The number of nitro groups is 1. The van der Waals surface area contributed by atoms with E-state index in [-0.39, 0.29) is 5.69 Å². The number of nitrogens with two attached hydrogens (primary N) is 1. The van der Waals surface area contributed by atoms with Crippen molar-refractivity contribution in [3.8, 4) is 11.3 Å². The first kappa shape index (κ1) is 17.4. The lowest BCUT2D eigenvalue weighted by atomic mass is 10.1. The van der Waals surface area contributed by atoms with E-state index in [9.17, 15) is 14.9 Å². The molecule has 0 spiro atoms. The number of benzene rings is 2. The lowest BCUT2D eigenvalue weighted by Crippen LogP contribution is -2.13. The van der Waals surface area contributed by atoms with Gasteiger partial charge in [-0.15, -0.1) is 0 Å². The van der Waals surface area contributed by atoms with Crippen molar-refractivity contribution < 1.29 is 9.72 Å². The minimum absolute atomic E-state index is 0.00409. The van der Waals surface area contributed by atoms with E-state index in [4.69, 9.17) is 5.73 Å². The molecule has 0 aliphatic carbocycles. The second kappa shape index (κ2) is 6.84. The van der Waals surface area contributed by atoms with Gasteiger partial charge < -0.3 is 10.3 Å². The zero-order valence-corrected chi connectivity index (χ0v) is 14.6. The molecule has 0 aliphatic rings. The number of aryl methyl sites for hydroxylation is 1. The van der Waals surface area contributed by atoms with Crippen molar-refractivity contribution in [2.75, 3.05) is 0 Å². The predicted molar refractivity (Wildman–Crippen MR) is 100 cm³/mol. The Morgan fingerprint density at radius 2 is 1.85 bits per heavy atom. The fourth-order valence-electron chi connectivity index (χ4n) is 3.07. The van der Waals surface area contributed by atoms with Crippen LogP contribution in [0.4, 0.5) is 5.69 Å². The maximum atomic E-state index is 11.8. The normalized spacial score (nSPS) is 10.7. The van der Waals surface area contributed by atoms with Gasteiger partial charge in [-0.2, -0.15) is 0 Å². The standard InChI is InChI=1S/C20H19N3O3/c1-13-6-3-4-7-16(13)12-22-14(2)18(20(21)24)11-19(22)15-8-5-9-17(10-15)23(25)26/h3-11H,12H2,1-2H3,(H2,21,24). The first-order chi connectivity index (χ1) is 12.4. The molecule has 0 unspecified atom stereocenters. The van der Waals surface area contributed by atoms with Crippen molar-refractivity contribution in [1.82, 2.24) is 4.57 Å². The Hall–Kier alpha value is -3.41. The Kier molecular flexibility index (Phi) is 4.58. The average molecular weight is 349 g/mol. The number of amides is 1. The van der Waals surface area contributed by atoms with Crippen LogP contribution in [0.5, 0.6) is 0 Å². The second-order valence-corrected chi connectivity index (χ2v) is 6.21. The van der Waals surface area contributed by atoms with Crippen LogP contribution in [0.1, 0.15) is 27.2 Å². The number of aromatic nitrogens is 1. The molecule has 6 nitrogen and oxygen atoms in total. The molecule has 0 radical (unpaired) electrons. The van der Waals surface area contributed by atoms with Crippen molar-refractivity contribution in [1.29, 1.82) is 0 Å². The van der Waals surface area contributed by atoms with Gasteiger partial charge in [0.05, 0.1) is 10.5 Å². The molecule has 2 N–H and O–H groups in total. The molecular weight excluding hydrogens is 330 g/mol. The van der Waals surface area contributed by atoms with E-state index >= 15 is 0 Å². The van der Waals surface area contributed by atoms with Crippen molar-refractivity contribution in [2.45, 2.75) is 20.4 Å².